The van der Waals surface area contributed by atoms with Gasteiger partial charge in [-0.3, -0.25) is 4.79 Å². The lowest BCUT2D eigenvalue weighted by Crippen LogP contribution is -2.25. The van der Waals surface area contributed by atoms with Crippen LogP contribution in [0.15, 0.2) is 83.8 Å². The third-order valence-corrected chi connectivity index (χ3v) is 6.04. The SMILES string of the molecule is O=C(Nc1cccc(S(=O)(=O)NC2CC2)c1)c1ccccc1Nc1ccccc1. The largest absolute Gasteiger partial charge is 0.355 e. The van der Waals surface area contributed by atoms with Gasteiger partial charge >= 0.3 is 0 Å². The molecule has 0 unspecified atom stereocenters. The highest BCUT2D eigenvalue weighted by atomic mass is 32.2. The van der Waals surface area contributed by atoms with Gasteiger partial charge in [-0.15, -0.1) is 0 Å². The molecule has 1 aliphatic carbocycles. The van der Waals surface area contributed by atoms with Crippen LogP contribution in [0.25, 0.3) is 0 Å². The van der Waals surface area contributed by atoms with Crippen molar-refractivity contribution in [3.05, 3.63) is 84.4 Å². The van der Waals surface area contributed by atoms with Gasteiger partial charge in [-0.2, -0.15) is 0 Å². The minimum Gasteiger partial charge on any atom is -0.355 e. The van der Waals surface area contributed by atoms with Gasteiger partial charge < -0.3 is 10.6 Å². The minimum atomic E-state index is -3.58. The maximum Gasteiger partial charge on any atom is 0.257 e. The lowest BCUT2D eigenvalue weighted by atomic mass is 10.1. The molecule has 29 heavy (non-hydrogen) atoms. The lowest BCUT2D eigenvalue weighted by molar-refractivity contribution is 0.102. The van der Waals surface area contributed by atoms with Crippen LogP contribution in [0.1, 0.15) is 23.2 Å². The van der Waals surface area contributed by atoms with Gasteiger partial charge in [0, 0.05) is 17.4 Å². The summed E-state index contributed by atoms with van der Waals surface area (Å²) in [5.41, 5.74) is 2.41. The molecule has 0 aromatic heterocycles. The zero-order valence-electron chi connectivity index (χ0n) is 15.6. The van der Waals surface area contributed by atoms with E-state index in [-0.39, 0.29) is 16.8 Å². The Hall–Kier alpha value is -3.16. The molecule has 0 aliphatic heterocycles. The van der Waals surface area contributed by atoms with Crippen molar-refractivity contribution in [2.45, 2.75) is 23.8 Å². The molecule has 1 aliphatic rings. The average Bonchev–Trinajstić information content (AvgIpc) is 3.53. The molecule has 3 aromatic rings. The maximum atomic E-state index is 12.9. The van der Waals surface area contributed by atoms with E-state index in [0.717, 1.165) is 18.5 Å². The summed E-state index contributed by atoms with van der Waals surface area (Å²) in [7, 11) is -3.58. The van der Waals surface area contributed by atoms with Gasteiger partial charge in [0.25, 0.3) is 5.91 Å². The van der Waals surface area contributed by atoms with Gasteiger partial charge in [0.05, 0.1) is 16.1 Å². The van der Waals surface area contributed by atoms with E-state index in [1.807, 2.05) is 42.5 Å². The van der Waals surface area contributed by atoms with Crippen LogP contribution in [-0.2, 0) is 10.0 Å². The zero-order valence-corrected chi connectivity index (χ0v) is 16.4. The van der Waals surface area contributed by atoms with Crippen molar-refractivity contribution in [2.75, 3.05) is 10.6 Å². The fraction of sp³-hybridized carbons (Fsp3) is 0.136. The fourth-order valence-corrected chi connectivity index (χ4v) is 4.25. The number of amides is 1. The second kappa shape index (κ2) is 8.06. The predicted octanol–water partition coefficient (Wildman–Crippen LogP) is 4.12. The van der Waals surface area contributed by atoms with Crippen LogP contribution in [0.5, 0.6) is 0 Å². The van der Waals surface area contributed by atoms with Gasteiger partial charge in [-0.1, -0.05) is 36.4 Å². The first-order valence-corrected chi connectivity index (χ1v) is 10.8. The Labute approximate surface area is 170 Å². The number of benzene rings is 3. The van der Waals surface area contributed by atoms with Crippen molar-refractivity contribution in [1.29, 1.82) is 0 Å². The fourth-order valence-electron chi connectivity index (χ4n) is 2.90. The van der Waals surface area contributed by atoms with E-state index in [0.29, 0.717) is 16.9 Å². The Morgan fingerprint density at radius 2 is 1.52 bits per heavy atom. The normalized spacial score (nSPS) is 13.7. The molecule has 0 radical (unpaired) electrons. The average molecular weight is 407 g/mol. The summed E-state index contributed by atoms with van der Waals surface area (Å²) in [5, 5.41) is 6.03. The maximum absolute atomic E-state index is 12.9. The van der Waals surface area contributed by atoms with Crippen LogP contribution in [0.2, 0.25) is 0 Å². The number of hydrogen-bond acceptors (Lipinski definition) is 4. The summed E-state index contributed by atoms with van der Waals surface area (Å²) < 4.78 is 27.5. The first-order chi connectivity index (χ1) is 14.0. The molecule has 1 amide bonds. The van der Waals surface area contributed by atoms with Gasteiger partial charge in [-0.25, -0.2) is 13.1 Å². The van der Waals surface area contributed by atoms with Crippen LogP contribution in [0.4, 0.5) is 17.1 Å². The van der Waals surface area contributed by atoms with Crippen molar-refractivity contribution < 1.29 is 13.2 Å². The molecule has 0 spiro atoms. The smallest absolute Gasteiger partial charge is 0.257 e. The Morgan fingerprint density at radius 1 is 0.828 bits per heavy atom. The Morgan fingerprint density at radius 3 is 2.28 bits per heavy atom. The van der Waals surface area contributed by atoms with Crippen molar-refractivity contribution >= 4 is 33.0 Å². The number of nitrogens with one attached hydrogen (secondary N) is 3. The van der Waals surface area contributed by atoms with Gasteiger partial charge in [0.2, 0.25) is 10.0 Å². The summed E-state index contributed by atoms with van der Waals surface area (Å²) in [6.07, 6.45) is 1.72. The van der Waals surface area contributed by atoms with Crippen LogP contribution in [-0.4, -0.2) is 20.4 Å². The Kier molecular flexibility index (Phi) is 5.33. The summed E-state index contributed by atoms with van der Waals surface area (Å²) in [6, 6.07) is 23.0. The molecule has 148 valence electrons. The molecule has 3 N–H and O–H groups in total. The van der Waals surface area contributed by atoms with E-state index in [4.69, 9.17) is 0 Å². The lowest BCUT2D eigenvalue weighted by Gasteiger charge is -2.13. The molecule has 3 aromatic carbocycles. The highest BCUT2D eigenvalue weighted by molar-refractivity contribution is 7.89. The second-order valence-electron chi connectivity index (χ2n) is 6.91. The van der Waals surface area contributed by atoms with Crippen LogP contribution >= 0.6 is 0 Å². The summed E-state index contributed by atoms with van der Waals surface area (Å²) >= 11 is 0. The predicted molar refractivity (Wildman–Crippen MR) is 114 cm³/mol. The molecule has 0 atom stereocenters. The second-order valence-corrected chi connectivity index (χ2v) is 8.63. The van der Waals surface area contributed by atoms with E-state index in [1.54, 1.807) is 24.3 Å². The number of para-hydroxylation sites is 2. The number of hydrogen-bond donors (Lipinski definition) is 3. The molecule has 6 nitrogen and oxygen atoms in total. The quantitative estimate of drug-likeness (QED) is 0.550. The molecule has 1 saturated carbocycles. The van der Waals surface area contributed by atoms with Gasteiger partial charge in [0.1, 0.15) is 0 Å². The summed E-state index contributed by atoms with van der Waals surface area (Å²) in [4.78, 5) is 13.0. The van der Waals surface area contributed by atoms with Crippen LogP contribution < -0.4 is 15.4 Å². The third-order valence-electron chi connectivity index (χ3n) is 4.53. The monoisotopic (exact) mass is 407 g/mol. The number of anilines is 3. The van der Waals surface area contributed by atoms with Gasteiger partial charge in [-0.05, 0) is 55.3 Å². The molecule has 1 fully saturated rings. The van der Waals surface area contributed by atoms with Crippen molar-refractivity contribution in [3.63, 3.8) is 0 Å². The van der Waals surface area contributed by atoms with E-state index in [2.05, 4.69) is 15.4 Å². The molecule has 0 heterocycles. The summed E-state index contributed by atoms with van der Waals surface area (Å²) in [6.45, 7) is 0. The molecular weight excluding hydrogens is 386 g/mol. The van der Waals surface area contributed by atoms with E-state index < -0.39 is 10.0 Å². The number of sulfonamides is 1. The summed E-state index contributed by atoms with van der Waals surface area (Å²) in [5.74, 6) is -0.325. The topological polar surface area (TPSA) is 87.3 Å². The van der Waals surface area contributed by atoms with Crippen LogP contribution in [0.3, 0.4) is 0 Å². The molecular formula is C22H21N3O3S. The highest BCUT2D eigenvalue weighted by Crippen LogP contribution is 2.25. The zero-order chi connectivity index (χ0) is 20.3. The molecule has 7 heteroatoms. The number of carbonyl (C=O) groups is 1. The number of rotatable bonds is 7. The third kappa shape index (κ3) is 4.82. The molecule has 4 rings (SSSR count). The van der Waals surface area contributed by atoms with Gasteiger partial charge in [0.15, 0.2) is 0 Å². The standard InChI is InChI=1S/C22H21N3O3S/c26-22(20-11-4-5-12-21(20)23-16-7-2-1-3-8-16)24-18-9-6-10-19(15-18)29(27,28)25-17-13-14-17/h1-12,15,17,23,25H,13-14H2,(H,24,26). The minimum absolute atomic E-state index is 0.0224. The Bertz CT molecular complexity index is 1130. The van der Waals surface area contributed by atoms with E-state index in [1.165, 1.54) is 12.1 Å². The van der Waals surface area contributed by atoms with Crippen molar-refractivity contribution in [3.8, 4) is 0 Å². The first kappa shape index (κ1) is 19.2. The Balaban J connectivity index is 1.54. The molecule has 0 bridgehead atoms. The van der Waals surface area contributed by atoms with Crippen LogP contribution in [0, 0.1) is 0 Å². The first-order valence-electron chi connectivity index (χ1n) is 9.36. The van der Waals surface area contributed by atoms with E-state index in [9.17, 15) is 13.2 Å². The molecule has 0 saturated heterocycles. The number of carbonyl (C=O) groups excluding carboxylic acids is 1. The van der Waals surface area contributed by atoms with E-state index >= 15 is 0 Å². The highest BCUT2D eigenvalue weighted by Gasteiger charge is 2.28. The van der Waals surface area contributed by atoms with Crippen molar-refractivity contribution in [2.24, 2.45) is 0 Å². The van der Waals surface area contributed by atoms with Crippen molar-refractivity contribution in [1.82, 2.24) is 4.72 Å².